The molecule has 3 N–H and O–H groups in total. The van der Waals surface area contributed by atoms with Crippen LogP contribution in [0.25, 0.3) is 10.9 Å². The van der Waals surface area contributed by atoms with Crippen LogP contribution >= 0.6 is 12.4 Å². The van der Waals surface area contributed by atoms with Crippen LogP contribution in [0, 0.1) is 5.92 Å². The van der Waals surface area contributed by atoms with E-state index in [-0.39, 0.29) is 25.1 Å². The predicted octanol–water partition coefficient (Wildman–Crippen LogP) is 3.62. The minimum absolute atomic E-state index is 0. The van der Waals surface area contributed by atoms with Gasteiger partial charge in [0.2, 0.25) is 6.79 Å². The van der Waals surface area contributed by atoms with Gasteiger partial charge in [-0.1, -0.05) is 18.2 Å². The van der Waals surface area contributed by atoms with E-state index >= 15 is 0 Å². The molecule has 0 fully saturated rings. The third kappa shape index (κ3) is 4.24. The molecule has 2 heterocycles. The standard InChI is InChI=1S/C21H23N3O3.ClH/c1-25-19-10-21(24-17-5-3-2-4-16(17)19)23-12-15(11-22)8-14-6-7-18-20(9-14)27-13-26-18;/h2-7,9-10,15H,8,11-13,22H2,1H3,(H,23,24);1H. The first-order valence-corrected chi connectivity index (χ1v) is 9.03. The largest absolute Gasteiger partial charge is 0.496 e. The lowest BCUT2D eigenvalue weighted by molar-refractivity contribution is 0.174. The molecule has 7 heteroatoms. The van der Waals surface area contributed by atoms with Gasteiger partial charge in [0.1, 0.15) is 11.6 Å². The second-order valence-electron chi connectivity index (χ2n) is 6.60. The zero-order valence-corrected chi connectivity index (χ0v) is 16.5. The first kappa shape index (κ1) is 20.0. The Kier molecular flexibility index (Phi) is 6.44. The average molecular weight is 402 g/mol. The van der Waals surface area contributed by atoms with E-state index in [1.165, 1.54) is 5.56 Å². The Bertz CT molecular complexity index is 951. The summed E-state index contributed by atoms with van der Waals surface area (Å²) in [5.41, 5.74) is 8.09. The number of nitrogens with two attached hydrogens (primary N) is 1. The van der Waals surface area contributed by atoms with Crippen LogP contribution < -0.4 is 25.3 Å². The van der Waals surface area contributed by atoms with Gasteiger partial charge in [-0.05, 0) is 48.7 Å². The Hall–Kier alpha value is -2.70. The molecule has 0 saturated carbocycles. The summed E-state index contributed by atoms with van der Waals surface area (Å²) in [7, 11) is 1.67. The quantitative estimate of drug-likeness (QED) is 0.629. The number of ether oxygens (including phenoxy) is 3. The summed E-state index contributed by atoms with van der Waals surface area (Å²) >= 11 is 0. The van der Waals surface area contributed by atoms with Gasteiger partial charge in [-0.15, -0.1) is 12.4 Å². The monoisotopic (exact) mass is 401 g/mol. The van der Waals surface area contributed by atoms with E-state index in [0.29, 0.717) is 6.54 Å². The molecule has 1 unspecified atom stereocenters. The van der Waals surface area contributed by atoms with Crippen LogP contribution in [0.5, 0.6) is 17.2 Å². The normalized spacial score (nSPS) is 13.1. The lowest BCUT2D eigenvalue weighted by Crippen LogP contribution is -2.25. The smallest absolute Gasteiger partial charge is 0.231 e. The number of fused-ring (bicyclic) bond motifs is 2. The summed E-state index contributed by atoms with van der Waals surface area (Å²) in [5, 5.41) is 4.41. The average Bonchev–Trinajstić information content (AvgIpc) is 3.18. The summed E-state index contributed by atoms with van der Waals surface area (Å²) in [4.78, 5) is 4.68. The molecule has 6 nitrogen and oxygen atoms in total. The molecule has 4 rings (SSSR count). The number of aromatic nitrogens is 1. The van der Waals surface area contributed by atoms with E-state index in [4.69, 9.17) is 19.9 Å². The zero-order chi connectivity index (χ0) is 18.6. The SMILES string of the molecule is COc1cc(NCC(CN)Cc2ccc3c(c2)OCO3)nc2ccccc12.Cl. The molecule has 1 aliphatic heterocycles. The van der Waals surface area contributed by atoms with E-state index in [1.54, 1.807) is 7.11 Å². The highest BCUT2D eigenvalue weighted by Gasteiger charge is 2.15. The van der Waals surface area contributed by atoms with Gasteiger partial charge in [-0.2, -0.15) is 0 Å². The minimum Gasteiger partial charge on any atom is -0.496 e. The molecular formula is C21H24ClN3O3. The number of nitrogens with zero attached hydrogens (tertiary/aromatic N) is 1. The zero-order valence-electron chi connectivity index (χ0n) is 15.7. The fourth-order valence-corrected chi connectivity index (χ4v) is 3.29. The maximum atomic E-state index is 6.00. The molecule has 148 valence electrons. The first-order chi connectivity index (χ1) is 13.3. The summed E-state index contributed by atoms with van der Waals surface area (Å²) < 4.78 is 16.3. The first-order valence-electron chi connectivity index (χ1n) is 9.03. The molecule has 0 saturated heterocycles. The van der Waals surface area contributed by atoms with Gasteiger partial charge < -0.3 is 25.3 Å². The van der Waals surface area contributed by atoms with Crippen molar-refractivity contribution in [3.63, 3.8) is 0 Å². The highest BCUT2D eigenvalue weighted by atomic mass is 35.5. The van der Waals surface area contributed by atoms with Crippen LogP contribution in [0.15, 0.2) is 48.5 Å². The molecule has 1 atom stereocenters. The van der Waals surface area contributed by atoms with Crippen molar-refractivity contribution in [3.8, 4) is 17.2 Å². The van der Waals surface area contributed by atoms with Gasteiger partial charge >= 0.3 is 0 Å². The van der Waals surface area contributed by atoms with Crippen molar-refractivity contribution in [2.45, 2.75) is 6.42 Å². The molecule has 1 aliphatic rings. The Morgan fingerprint density at radius 1 is 1.14 bits per heavy atom. The lowest BCUT2D eigenvalue weighted by Gasteiger charge is -2.17. The Morgan fingerprint density at radius 3 is 2.79 bits per heavy atom. The fraction of sp³-hybridized carbons (Fsp3) is 0.286. The summed E-state index contributed by atoms with van der Waals surface area (Å²) in [5.74, 6) is 3.47. The second kappa shape index (κ2) is 8.99. The number of benzene rings is 2. The van der Waals surface area contributed by atoms with Gasteiger partial charge in [0.05, 0.1) is 12.6 Å². The number of hydrogen-bond donors (Lipinski definition) is 2. The Morgan fingerprint density at radius 2 is 1.96 bits per heavy atom. The van der Waals surface area contributed by atoms with Crippen LogP contribution in [0.4, 0.5) is 5.82 Å². The molecule has 2 aromatic carbocycles. The molecule has 0 aliphatic carbocycles. The predicted molar refractivity (Wildman–Crippen MR) is 113 cm³/mol. The number of rotatable bonds is 7. The van der Waals surface area contributed by atoms with Crippen LogP contribution in [-0.2, 0) is 6.42 Å². The van der Waals surface area contributed by atoms with E-state index in [2.05, 4.69) is 16.4 Å². The third-order valence-corrected chi connectivity index (χ3v) is 4.76. The van der Waals surface area contributed by atoms with E-state index in [1.807, 2.05) is 42.5 Å². The number of halogens is 1. The highest BCUT2D eigenvalue weighted by molar-refractivity contribution is 5.86. The van der Waals surface area contributed by atoms with E-state index in [0.717, 1.165) is 46.9 Å². The topological polar surface area (TPSA) is 78.6 Å². The molecule has 0 spiro atoms. The molecule has 28 heavy (non-hydrogen) atoms. The van der Waals surface area contributed by atoms with Gasteiger partial charge in [0.25, 0.3) is 0 Å². The van der Waals surface area contributed by atoms with Crippen LogP contribution in [0.2, 0.25) is 0 Å². The fourth-order valence-electron chi connectivity index (χ4n) is 3.29. The van der Waals surface area contributed by atoms with Crippen LogP contribution in [-0.4, -0.2) is 32.0 Å². The van der Waals surface area contributed by atoms with Gasteiger partial charge in [0.15, 0.2) is 11.5 Å². The van der Waals surface area contributed by atoms with Gasteiger partial charge in [-0.25, -0.2) is 4.98 Å². The van der Waals surface area contributed by atoms with Crippen LogP contribution in [0.3, 0.4) is 0 Å². The van der Waals surface area contributed by atoms with Crippen LogP contribution in [0.1, 0.15) is 5.56 Å². The maximum absolute atomic E-state index is 6.00. The number of methoxy groups -OCH3 is 1. The molecule has 0 bridgehead atoms. The summed E-state index contributed by atoms with van der Waals surface area (Å²) in [6.45, 7) is 1.59. The number of pyridine rings is 1. The summed E-state index contributed by atoms with van der Waals surface area (Å²) in [6, 6.07) is 15.9. The Labute approximate surface area is 170 Å². The van der Waals surface area contributed by atoms with Crippen molar-refractivity contribution in [2.24, 2.45) is 11.7 Å². The number of anilines is 1. The van der Waals surface area contributed by atoms with Crippen molar-refractivity contribution in [3.05, 3.63) is 54.1 Å². The molecule has 0 radical (unpaired) electrons. The van der Waals surface area contributed by atoms with Crippen molar-refractivity contribution >= 4 is 29.1 Å². The second-order valence-corrected chi connectivity index (χ2v) is 6.60. The minimum atomic E-state index is 0. The molecule has 1 aromatic heterocycles. The van der Waals surface area contributed by atoms with E-state index in [9.17, 15) is 0 Å². The lowest BCUT2D eigenvalue weighted by atomic mass is 9.99. The maximum Gasteiger partial charge on any atom is 0.231 e. The van der Waals surface area contributed by atoms with Gasteiger partial charge in [-0.3, -0.25) is 0 Å². The third-order valence-electron chi connectivity index (χ3n) is 4.76. The molecular weight excluding hydrogens is 378 g/mol. The van der Waals surface area contributed by atoms with Gasteiger partial charge in [0, 0.05) is 18.0 Å². The Balaban J connectivity index is 0.00000225. The number of para-hydroxylation sites is 1. The van der Waals surface area contributed by atoms with Crippen molar-refractivity contribution < 1.29 is 14.2 Å². The van der Waals surface area contributed by atoms with Crippen molar-refractivity contribution in [1.82, 2.24) is 4.98 Å². The number of hydrogen-bond acceptors (Lipinski definition) is 6. The van der Waals surface area contributed by atoms with Crippen molar-refractivity contribution in [2.75, 3.05) is 32.3 Å². The summed E-state index contributed by atoms with van der Waals surface area (Å²) in [6.07, 6.45) is 0.852. The van der Waals surface area contributed by atoms with E-state index < -0.39 is 0 Å². The number of nitrogens with one attached hydrogen (secondary N) is 1. The molecule has 0 amide bonds. The highest BCUT2D eigenvalue weighted by Crippen LogP contribution is 2.33. The molecule has 3 aromatic rings. The van der Waals surface area contributed by atoms with Crippen molar-refractivity contribution in [1.29, 1.82) is 0 Å².